The van der Waals surface area contributed by atoms with E-state index in [1.54, 1.807) is 13.3 Å². The quantitative estimate of drug-likeness (QED) is 0.475. The molecule has 0 bridgehead atoms. The average molecular weight is 486 g/mol. The van der Waals surface area contributed by atoms with Gasteiger partial charge in [-0.05, 0) is 56.2 Å². The van der Waals surface area contributed by atoms with E-state index in [1.165, 1.54) is 0 Å². The maximum absolute atomic E-state index is 13.4. The molecular weight excluding hydrogens is 450 g/mol. The molecule has 0 saturated carbocycles. The molecule has 0 spiro atoms. The summed E-state index contributed by atoms with van der Waals surface area (Å²) in [6.45, 7) is 9.56. The van der Waals surface area contributed by atoms with Crippen molar-refractivity contribution in [2.45, 2.75) is 26.8 Å². The van der Waals surface area contributed by atoms with Crippen LogP contribution in [0.4, 0.5) is 5.69 Å². The van der Waals surface area contributed by atoms with Crippen LogP contribution >= 0.6 is 0 Å². The second kappa shape index (κ2) is 10.9. The molecule has 0 atom stereocenters. The van der Waals surface area contributed by atoms with Crippen molar-refractivity contribution in [3.63, 3.8) is 0 Å². The number of hydrogen-bond donors (Lipinski definition) is 2. The highest BCUT2D eigenvalue weighted by atomic mass is 16.5. The molecule has 2 aromatic carbocycles. The van der Waals surface area contributed by atoms with Crippen LogP contribution < -0.4 is 10.1 Å². The first-order valence-electron chi connectivity index (χ1n) is 12.4. The monoisotopic (exact) mass is 485 g/mol. The predicted octanol–water partition coefficient (Wildman–Crippen LogP) is 4.69. The SMILES string of the molecule is CNc1ccc(-c2ccc(OC)nc2)cc1C(=N)c1ccc(C)c(C(=O)N2CCN(C(C)C)CC2)c1. The molecule has 1 aliphatic heterocycles. The lowest BCUT2D eigenvalue weighted by atomic mass is 9.94. The number of methoxy groups -OCH3 is 1. The summed E-state index contributed by atoms with van der Waals surface area (Å²) in [6, 6.07) is 16.0. The molecule has 2 N–H and O–H groups in total. The molecule has 4 rings (SSSR count). The Morgan fingerprint density at radius 2 is 1.72 bits per heavy atom. The number of carbonyl (C=O) groups is 1. The third-order valence-corrected chi connectivity index (χ3v) is 6.93. The second-order valence-corrected chi connectivity index (χ2v) is 9.43. The first-order chi connectivity index (χ1) is 17.3. The Morgan fingerprint density at radius 3 is 2.33 bits per heavy atom. The van der Waals surface area contributed by atoms with Gasteiger partial charge < -0.3 is 15.0 Å². The summed E-state index contributed by atoms with van der Waals surface area (Å²) in [5, 5.41) is 12.3. The van der Waals surface area contributed by atoms with E-state index in [0.29, 0.717) is 28.8 Å². The highest BCUT2D eigenvalue weighted by Gasteiger charge is 2.25. The van der Waals surface area contributed by atoms with Gasteiger partial charge in [0.15, 0.2) is 0 Å². The summed E-state index contributed by atoms with van der Waals surface area (Å²) >= 11 is 0. The van der Waals surface area contributed by atoms with Crippen molar-refractivity contribution in [2.24, 2.45) is 0 Å². The number of nitrogens with one attached hydrogen (secondary N) is 2. The normalized spacial score (nSPS) is 14.1. The van der Waals surface area contributed by atoms with E-state index >= 15 is 0 Å². The molecule has 1 aliphatic rings. The smallest absolute Gasteiger partial charge is 0.254 e. The predicted molar refractivity (Wildman–Crippen MR) is 145 cm³/mol. The molecule has 1 amide bonds. The summed E-state index contributed by atoms with van der Waals surface area (Å²) in [5.41, 5.74) is 6.17. The fourth-order valence-corrected chi connectivity index (χ4v) is 4.60. The highest BCUT2D eigenvalue weighted by molar-refractivity contribution is 6.15. The van der Waals surface area contributed by atoms with E-state index in [0.717, 1.165) is 54.1 Å². The number of anilines is 1. The molecule has 1 aromatic heterocycles. The molecule has 0 aliphatic carbocycles. The van der Waals surface area contributed by atoms with Crippen LogP contribution in [0, 0.1) is 12.3 Å². The van der Waals surface area contributed by atoms with Crippen molar-refractivity contribution in [3.8, 4) is 17.0 Å². The summed E-state index contributed by atoms with van der Waals surface area (Å²) < 4.78 is 5.17. The zero-order valence-electron chi connectivity index (χ0n) is 21.8. The molecule has 0 radical (unpaired) electrons. The van der Waals surface area contributed by atoms with Crippen molar-refractivity contribution in [1.82, 2.24) is 14.8 Å². The van der Waals surface area contributed by atoms with Crippen molar-refractivity contribution in [3.05, 3.63) is 77.0 Å². The number of carbonyl (C=O) groups excluding carboxylic acids is 1. The number of rotatable bonds is 7. The summed E-state index contributed by atoms with van der Waals surface area (Å²) in [4.78, 5) is 22.1. The molecule has 7 nitrogen and oxygen atoms in total. The topological polar surface area (TPSA) is 81.5 Å². The zero-order valence-corrected chi connectivity index (χ0v) is 21.8. The van der Waals surface area contributed by atoms with Gasteiger partial charge in [0, 0.05) is 79.5 Å². The van der Waals surface area contributed by atoms with Crippen LogP contribution in [0.15, 0.2) is 54.7 Å². The lowest BCUT2D eigenvalue weighted by Gasteiger charge is -2.37. The number of pyridine rings is 1. The second-order valence-electron chi connectivity index (χ2n) is 9.43. The number of nitrogens with zero attached hydrogens (tertiary/aromatic N) is 3. The van der Waals surface area contributed by atoms with Gasteiger partial charge in [-0.3, -0.25) is 15.1 Å². The first-order valence-corrected chi connectivity index (χ1v) is 12.4. The minimum Gasteiger partial charge on any atom is -0.481 e. The third kappa shape index (κ3) is 5.26. The van der Waals surface area contributed by atoms with E-state index in [9.17, 15) is 4.79 Å². The van der Waals surface area contributed by atoms with E-state index < -0.39 is 0 Å². The lowest BCUT2D eigenvalue weighted by molar-refractivity contribution is 0.0595. The zero-order chi connectivity index (χ0) is 25.8. The number of hydrogen-bond acceptors (Lipinski definition) is 6. The van der Waals surface area contributed by atoms with E-state index in [4.69, 9.17) is 10.1 Å². The third-order valence-electron chi connectivity index (χ3n) is 6.93. The van der Waals surface area contributed by atoms with Gasteiger partial charge >= 0.3 is 0 Å². The van der Waals surface area contributed by atoms with Gasteiger partial charge in [0.2, 0.25) is 5.88 Å². The fraction of sp³-hybridized carbons (Fsp3) is 0.345. The number of aryl methyl sites for hydroxylation is 1. The molecule has 1 fully saturated rings. The summed E-state index contributed by atoms with van der Waals surface area (Å²) in [7, 11) is 3.44. The summed E-state index contributed by atoms with van der Waals surface area (Å²) in [5.74, 6) is 0.596. The molecular formula is C29H35N5O2. The van der Waals surface area contributed by atoms with Gasteiger partial charge in [0.25, 0.3) is 5.91 Å². The number of ether oxygens (including phenoxy) is 1. The number of amides is 1. The van der Waals surface area contributed by atoms with Crippen molar-refractivity contribution in [2.75, 3.05) is 45.7 Å². The van der Waals surface area contributed by atoms with Crippen molar-refractivity contribution < 1.29 is 9.53 Å². The number of piperazine rings is 1. The molecule has 3 aromatic rings. The van der Waals surface area contributed by atoms with Crippen LogP contribution in [0.25, 0.3) is 11.1 Å². The lowest BCUT2D eigenvalue weighted by Crippen LogP contribution is -2.50. The maximum atomic E-state index is 13.4. The van der Waals surface area contributed by atoms with Gasteiger partial charge in [0.1, 0.15) is 0 Å². The molecule has 7 heteroatoms. The fourth-order valence-electron chi connectivity index (χ4n) is 4.60. The molecule has 36 heavy (non-hydrogen) atoms. The standard InChI is InChI=1S/C29H35N5O2/c1-19(2)33-12-14-34(15-13-33)29(35)24-17-22(7-6-20(24)3)28(30)25-16-21(8-10-26(25)31-4)23-9-11-27(36-5)32-18-23/h6-11,16-19,30-31H,12-15H2,1-5H3. The number of benzene rings is 2. The van der Waals surface area contributed by atoms with Crippen molar-refractivity contribution in [1.29, 1.82) is 5.41 Å². The molecule has 188 valence electrons. The minimum absolute atomic E-state index is 0.0393. The van der Waals surface area contributed by atoms with Crippen LogP contribution in [0.3, 0.4) is 0 Å². The van der Waals surface area contributed by atoms with Gasteiger partial charge in [-0.1, -0.05) is 18.2 Å². The Labute approximate surface area is 213 Å². The Hall–Kier alpha value is -3.71. The van der Waals surface area contributed by atoms with Gasteiger partial charge in [-0.2, -0.15) is 0 Å². The van der Waals surface area contributed by atoms with E-state index in [1.807, 2.05) is 67.4 Å². The van der Waals surface area contributed by atoms with Gasteiger partial charge in [-0.25, -0.2) is 4.98 Å². The average Bonchev–Trinajstić information content (AvgIpc) is 2.92. The first kappa shape index (κ1) is 25.4. The Morgan fingerprint density at radius 1 is 1.00 bits per heavy atom. The van der Waals surface area contributed by atoms with Gasteiger partial charge in [-0.15, -0.1) is 0 Å². The van der Waals surface area contributed by atoms with Crippen LogP contribution in [0.5, 0.6) is 5.88 Å². The van der Waals surface area contributed by atoms with Crippen LogP contribution in [-0.4, -0.2) is 72.8 Å². The molecule has 2 heterocycles. The molecule has 1 saturated heterocycles. The maximum Gasteiger partial charge on any atom is 0.254 e. The molecule has 0 unspecified atom stereocenters. The van der Waals surface area contributed by atoms with Crippen LogP contribution in [-0.2, 0) is 0 Å². The van der Waals surface area contributed by atoms with Crippen molar-refractivity contribution >= 4 is 17.3 Å². The Balaban J connectivity index is 1.62. The largest absolute Gasteiger partial charge is 0.481 e. The van der Waals surface area contributed by atoms with Crippen LogP contribution in [0.1, 0.15) is 40.9 Å². The number of aromatic nitrogens is 1. The van der Waals surface area contributed by atoms with Crippen LogP contribution in [0.2, 0.25) is 0 Å². The van der Waals surface area contributed by atoms with Gasteiger partial charge in [0.05, 0.1) is 12.8 Å². The Kier molecular flexibility index (Phi) is 7.70. The highest BCUT2D eigenvalue weighted by Crippen LogP contribution is 2.28. The Bertz CT molecular complexity index is 1250. The van der Waals surface area contributed by atoms with E-state index in [2.05, 4.69) is 29.0 Å². The minimum atomic E-state index is 0.0393. The van der Waals surface area contributed by atoms with E-state index in [-0.39, 0.29) is 5.91 Å². The summed E-state index contributed by atoms with van der Waals surface area (Å²) in [6.07, 6.45) is 1.77.